The van der Waals surface area contributed by atoms with Gasteiger partial charge in [0.1, 0.15) is 0 Å². The van der Waals surface area contributed by atoms with Gasteiger partial charge in [0, 0.05) is 38.9 Å². The minimum absolute atomic E-state index is 0.339. The molecule has 3 N–H and O–H groups in total. The molecule has 8 heteroatoms. The standard InChI is InChI=1S/C22H34N6O2/c1-3-23-21(25-17-22(2,29)18-27-11-13-30-14-12-27)24-10-9-19-15-26-28(16-19)20-7-5-4-6-8-20/h4-8,15-16,29H,3,9-14,17-18H2,1-2H3,(H2,23,24,25). The summed E-state index contributed by atoms with van der Waals surface area (Å²) in [7, 11) is 0. The molecule has 2 aromatic rings. The van der Waals surface area contributed by atoms with E-state index in [1.165, 1.54) is 0 Å². The highest BCUT2D eigenvalue weighted by atomic mass is 16.5. The molecule has 0 spiro atoms. The third-order valence-corrected chi connectivity index (χ3v) is 4.95. The summed E-state index contributed by atoms with van der Waals surface area (Å²) in [5, 5.41) is 21.8. The molecule has 1 aliphatic heterocycles. The van der Waals surface area contributed by atoms with Crippen LogP contribution < -0.4 is 10.6 Å². The lowest BCUT2D eigenvalue weighted by Gasteiger charge is -2.33. The maximum Gasteiger partial charge on any atom is 0.191 e. The van der Waals surface area contributed by atoms with Gasteiger partial charge in [0.25, 0.3) is 0 Å². The van der Waals surface area contributed by atoms with Crippen LogP contribution in [-0.2, 0) is 11.2 Å². The number of hydrogen-bond acceptors (Lipinski definition) is 5. The lowest BCUT2D eigenvalue weighted by atomic mass is 10.1. The zero-order valence-corrected chi connectivity index (χ0v) is 18.0. The van der Waals surface area contributed by atoms with Crippen LogP contribution in [0, 0.1) is 0 Å². The van der Waals surface area contributed by atoms with Crippen molar-refractivity contribution in [2.75, 3.05) is 52.5 Å². The van der Waals surface area contributed by atoms with Gasteiger partial charge < -0.3 is 20.5 Å². The fourth-order valence-electron chi connectivity index (χ4n) is 3.42. The van der Waals surface area contributed by atoms with E-state index in [9.17, 15) is 5.11 Å². The summed E-state index contributed by atoms with van der Waals surface area (Å²) in [6, 6.07) is 10.1. The molecular weight excluding hydrogens is 380 g/mol. The molecule has 1 saturated heterocycles. The largest absolute Gasteiger partial charge is 0.387 e. The Hall–Kier alpha value is -2.42. The van der Waals surface area contributed by atoms with Crippen LogP contribution in [0.4, 0.5) is 0 Å². The van der Waals surface area contributed by atoms with Crippen LogP contribution in [0.2, 0.25) is 0 Å². The lowest BCUT2D eigenvalue weighted by molar-refractivity contribution is -0.0179. The number of para-hydroxylation sites is 1. The van der Waals surface area contributed by atoms with Gasteiger partial charge in [0.15, 0.2) is 5.96 Å². The van der Waals surface area contributed by atoms with Crippen LogP contribution in [0.3, 0.4) is 0 Å². The highest BCUT2D eigenvalue weighted by molar-refractivity contribution is 5.79. The van der Waals surface area contributed by atoms with E-state index in [-0.39, 0.29) is 0 Å². The fourth-order valence-corrected chi connectivity index (χ4v) is 3.42. The number of aromatic nitrogens is 2. The van der Waals surface area contributed by atoms with Crippen molar-refractivity contribution in [3.63, 3.8) is 0 Å². The SMILES string of the molecule is CCNC(=NCC(C)(O)CN1CCOCC1)NCCc1cnn(-c2ccccc2)c1. The summed E-state index contributed by atoms with van der Waals surface area (Å²) in [5.74, 6) is 0.718. The molecule has 3 rings (SSSR count). The van der Waals surface area contributed by atoms with E-state index in [4.69, 9.17) is 4.74 Å². The average Bonchev–Trinajstić information content (AvgIpc) is 3.22. The third kappa shape index (κ3) is 7.12. The molecule has 0 bridgehead atoms. The first-order chi connectivity index (χ1) is 14.6. The van der Waals surface area contributed by atoms with Crippen molar-refractivity contribution in [2.24, 2.45) is 4.99 Å². The van der Waals surface area contributed by atoms with Gasteiger partial charge in [-0.05, 0) is 38.0 Å². The van der Waals surface area contributed by atoms with Crippen molar-refractivity contribution < 1.29 is 9.84 Å². The number of hydrogen-bond donors (Lipinski definition) is 3. The second-order valence-corrected chi connectivity index (χ2v) is 7.89. The van der Waals surface area contributed by atoms with E-state index < -0.39 is 5.60 Å². The normalized spacial score (nSPS) is 17.5. The summed E-state index contributed by atoms with van der Waals surface area (Å²) in [6.07, 6.45) is 4.78. The minimum atomic E-state index is -0.878. The molecule has 30 heavy (non-hydrogen) atoms. The van der Waals surface area contributed by atoms with E-state index in [2.05, 4.69) is 25.6 Å². The van der Waals surface area contributed by atoms with Gasteiger partial charge in [-0.15, -0.1) is 0 Å². The molecule has 164 valence electrons. The predicted molar refractivity (Wildman–Crippen MR) is 119 cm³/mol. The molecule has 0 saturated carbocycles. The van der Waals surface area contributed by atoms with Crippen LogP contribution in [0.15, 0.2) is 47.7 Å². The van der Waals surface area contributed by atoms with Crippen molar-refractivity contribution in [2.45, 2.75) is 25.9 Å². The molecule has 1 aromatic carbocycles. The molecule has 0 amide bonds. The molecule has 0 aliphatic carbocycles. The van der Waals surface area contributed by atoms with E-state index in [0.717, 1.165) is 63.0 Å². The zero-order valence-electron chi connectivity index (χ0n) is 18.0. The van der Waals surface area contributed by atoms with Gasteiger partial charge >= 0.3 is 0 Å². The molecular formula is C22H34N6O2. The number of aliphatic hydroxyl groups is 1. The molecule has 1 fully saturated rings. The maximum absolute atomic E-state index is 10.7. The molecule has 1 atom stereocenters. The first kappa shape index (κ1) is 22.3. The fraction of sp³-hybridized carbons (Fsp3) is 0.545. The summed E-state index contributed by atoms with van der Waals surface area (Å²) < 4.78 is 7.26. The number of ether oxygens (including phenoxy) is 1. The van der Waals surface area contributed by atoms with Gasteiger partial charge in [-0.1, -0.05) is 18.2 Å². The quantitative estimate of drug-likeness (QED) is 0.420. The van der Waals surface area contributed by atoms with Crippen LogP contribution in [-0.4, -0.2) is 83.8 Å². The summed E-state index contributed by atoms with van der Waals surface area (Å²) >= 11 is 0. The number of aliphatic imine (C=N–C) groups is 1. The number of nitrogens with one attached hydrogen (secondary N) is 2. The van der Waals surface area contributed by atoms with E-state index >= 15 is 0 Å². The lowest BCUT2D eigenvalue weighted by Crippen LogP contribution is -2.48. The number of β-amino-alcohol motifs (C(OH)–C–C–N with tert-alkyl or cyclic N) is 1. The highest BCUT2D eigenvalue weighted by Gasteiger charge is 2.25. The van der Waals surface area contributed by atoms with Crippen LogP contribution in [0.25, 0.3) is 5.69 Å². The number of nitrogens with zero attached hydrogens (tertiary/aromatic N) is 4. The van der Waals surface area contributed by atoms with Crippen molar-refractivity contribution in [3.05, 3.63) is 48.3 Å². The monoisotopic (exact) mass is 414 g/mol. The van der Waals surface area contributed by atoms with Crippen molar-refractivity contribution >= 4 is 5.96 Å². The second kappa shape index (κ2) is 11.1. The van der Waals surface area contributed by atoms with E-state index in [1.807, 2.05) is 61.3 Å². The number of guanidine groups is 1. The number of benzene rings is 1. The molecule has 0 radical (unpaired) electrons. The van der Waals surface area contributed by atoms with Crippen molar-refractivity contribution in [3.8, 4) is 5.69 Å². The number of rotatable bonds is 9. The van der Waals surface area contributed by atoms with Gasteiger partial charge in [-0.3, -0.25) is 9.89 Å². The van der Waals surface area contributed by atoms with Crippen LogP contribution in [0.1, 0.15) is 19.4 Å². The van der Waals surface area contributed by atoms with Gasteiger partial charge in [-0.2, -0.15) is 5.10 Å². The Bertz CT molecular complexity index is 784. The number of morpholine rings is 1. The van der Waals surface area contributed by atoms with Gasteiger partial charge in [0.05, 0.1) is 37.2 Å². The maximum atomic E-state index is 10.7. The Morgan fingerprint density at radius 3 is 2.73 bits per heavy atom. The Balaban J connectivity index is 1.48. The molecule has 1 aromatic heterocycles. The Morgan fingerprint density at radius 2 is 2.00 bits per heavy atom. The third-order valence-electron chi connectivity index (χ3n) is 4.95. The second-order valence-electron chi connectivity index (χ2n) is 7.89. The smallest absolute Gasteiger partial charge is 0.191 e. The topological polar surface area (TPSA) is 86.9 Å². The highest BCUT2D eigenvalue weighted by Crippen LogP contribution is 2.10. The van der Waals surface area contributed by atoms with Crippen molar-refractivity contribution in [1.82, 2.24) is 25.3 Å². The zero-order chi connectivity index (χ0) is 21.2. The van der Waals surface area contributed by atoms with E-state index in [0.29, 0.717) is 13.1 Å². The van der Waals surface area contributed by atoms with Gasteiger partial charge in [-0.25, -0.2) is 4.68 Å². The molecule has 1 aliphatic rings. The van der Waals surface area contributed by atoms with Crippen LogP contribution in [0.5, 0.6) is 0 Å². The van der Waals surface area contributed by atoms with Crippen LogP contribution >= 0.6 is 0 Å². The van der Waals surface area contributed by atoms with Crippen molar-refractivity contribution in [1.29, 1.82) is 0 Å². The first-order valence-corrected chi connectivity index (χ1v) is 10.7. The molecule has 8 nitrogen and oxygen atoms in total. The predicted octanol–water partition coefficient (Wildman–Crippen LogP) is 1.05. The molecule has 1 unspecified atom stereocenters. The average molecular weight is 415 g/mol. The Kier molecular flexibility index (Phi) is 8.24. The summed E-state index contributed by atoms with van der Waals surface area (Å²) in [6.45, 7) is 9.48. The van der Waals surface area contributed by atoms with E-state index in [1.54, 1.807) is 0 Å². The first-order valence-electron chi connectivity index (χ1n) is 10.7. The summed E-state index contributed by atoms with van der Waals surface area (Å²) in [4.78, 5) is 6.83. The Labute approximate surface area is 178 Å². The van der Waals surface area contributed by atoms with Gasteiger partial charge in [0.2, 0.25) is 0 Å². The minimum Gasteiger partial charge on any atom is -0.387 e. The summed E-state index contributed by atoms with van der Waals surface area (Å²) in [5.41, 5.74) is 1.33. The Morgan fingerprint density at radius 1 is 1.23 bits per heavy atom. The molecule has 2 heterocycles.